The highest BCUT2D eigenvalue weighted by Gasteiger charge is 2.27. The number of non-ortho nitro benzene ring substituents is 1. The van der Waals surface area contributed by atoms with Crippen molar-refractivity contribution in [1.82, 2.24) is 4.31 Å². The Kier molecular flexibility index (Phi) is 6.39. The van der Waals surface area contributed by atoms with Gasteiger partial charge >= 0.3 is 0 Å². The monoisotopic (exact) mass is 459 g/mol. The predicted molar refractivity (Wildman–Crippen MR) is 107 cm³/mol. The number of sulfonamides is 1. The van der Waals surface area contributed by atoms with Gasteiger partial charge in [0.2, 0.25) is 10.0 Å². The fraction of sp³-hybridized carbons (Fsp3) is 0.235. The normalized spacial score (nSPS) is 15.1. The van der Waals surface area contributed by atoms with Gasteiger partial charge in [-0.25, -0.2) is 8.42 Å². The molecule has 12 heteroatoms. The molecule has 1 saturated heterocycles. The van der Waals surface area contributed by atoms with E-state index in [2.05, 4.69) is 5.32 Å². The van der Waals surface area contributed by atoms with Crippen LogP contribution in [0.3, 0.4) is 0 Å². The lowest BCUT2D eigenvalue weighted by Crippen LogP contribution is -2.40. The van der Waals surface area contributed by atoms with Gasteiger partial charge in [0.15, 0.2) is 0 Å². The van der Waals surface area contributed by atoms with E-state index in [1.165, 1.54) is 28.6 Å². The number of anilines is 1. The molecule has 0 saturated carbocycles. The maximum absolute atomic E-state index is 12.8. The predicted octanol–water partition coefficient (Wildman–Crippen LogP) is 3.17. The number of ether oxygens (including phenoxy) is 1. The molecule has 0 unspecified atom stereocenters. The van der Waals surface area contributed by atoms with Crippen molar-refractivity contribution in [3.8, 4) is 0 Å². The van der Waals surface area contributed by atoms with Crippen LogP contribution >= 0.6 is 23.2 Å². The number of nitrogens with one attached hydrogen (secondary N) is 1. The van der Waals surface area contributed by atoms with E-state index in [1.54, 1.807) is 0 Å². The van der Waals surface area contributed by atoms with E-state index in [0.29, 0.717) is 0 Å². The molecule has 0 aromatic heterocycles. The van der Waals surface area contributed by atoms with Crippen molar-refractivity contribution in [2.24, 2.45) is 0 Å². The van der Waals surface area contributed by atoms with Crippen molar-refractivity contribution < 1.29 is 22.9 Å². The number of halogens is 2. The van der Waals surface area contributed by atoms with Crippen LogP contribution in [0, 0.1) is 10.1 Å². The summed E-state index contributed by atoms with van der Waals surface area (Å²) in [5.41, 5.74) is -0.369. The number of hydrogen-bond acceptors (Lipinski definition) is 6. The van der Waals surface area contributed by atoms with Gasteiger partial charge in [-0.3, -0.25) is 14.9 Å². The lowest BCUT2D eigenvalue weighted by atomic mass is 10.2. The summed E-state index contributed by atoms with van der Waals surface area (Å²) >= 11 is 12.1. The summed E-state index contributed by atoms with van der Waals surface area (Å²) in [5.74, 6) is -0.753. The first-order valence-corrected chi connectivity index (χ1v) is 10.5. The average Bonchev–Trinajstić information content (AvgIpc) is 2.70. The SMILES string of the molecule is O=C(Nc1cc([N+](=O)[O-])ccc1Cl)c1cc(S(=O)(=O)N2CCOCC2)ccc1Cl. The highest BCUT2D eigenvalue weighted by Crippen LogP contribution is 2.29. The zero-order chi connectivity index (χ0) is 21.2. The molecule has 1 heterocycles. The van der Waals surface area contributed by atoms with E-state index in [0.717, 1.165) is 12.1 Å². The van der Waals surface area contributed by atoms with Crippen molar-refractivity contribution in [1.29, 1.82) is 0 Å². The zero-order valence-corrected chi connectivity index (χ0v) is 17.1. The van der Waals surface area contributed by atoms with Crippen LogP contribution in [0.5, 0.6) is 0 Å². The largest absolute Gasteiger partial charge is 0.379 e. The summed E-state index contributed by atoms with van der Waals surface area (Å²) in [6.45, 7) is 0.975. The average molecular weight is 460 g/mol. The van der Waals surface area contributed by atoms with Crippen LogP contribution in [0.25, 0.3) is 0 Å². The van der Waals surface area contributed by atoms with E-state index in [-0.39, 0.29) is 58.2 Å². The summed E-state index contributed by atoms with van der Waals surface area (Å²) in [6.07, 6.45) is 0. The van der Waals surface area contributed by atoms with Crippen molar-refractivity contribution >= 4 is 50.5 Å². The van der Waals surface area contributed by atoms with Crippen LogP contribution in [-0.2, 0) is 14.8 Å². The van der Waals surface area contributed by atoms with E-state index >= 15 is 0 Å². The van der Waals surface area contributed by atoms with Gasteiger partial charge < -0.3 is 10.1 Å². The third kappa shape index (κ3) is 4.68. The van der Waals surface area contributed by atoms with E-state index in [1.807, 2.05) is 0 Å². The Hall–Kier alpha value is -2.24. The molecule has 1 aliphatic heterocycles. The number of rotatable bonds is 5. The molecule has 1 amide bonds. The zero-order valence-electron chi connectivity index (χ0n) is 14.8. The highest BCUT2D eigenvalue weighted by molar-refractivity contribution is 7.89. The molecular formula is C17H15Cl2N3O6S. The number of morpholine rings is 1. The molecule has 0 atom stereocenters. The Balaban J connectivity index is 1.91. The van der Waals surface area contributed by atoms with Gasteiger partial charge in [-0.15, -0.1) is 0 Å². The first-order valence-electron chi connectivity index (χ1n) is 8.33. The van der Waals surface area contributed by atoms with Crippen LogP contribution in [0.15, 0.2) is 41.3 Å². The molecule has 1 fully saturated rings. The highest BCUT2D eigenvalue weighted by atomic mass is 35.5. The molecule has 0 radical (unpaired) electrons. The second-order valence-corrected chi connectivity index (χ2v) is 8.79. The van der Waals surface area contributed by atoms with Crippen molar-refractivity contribution in [3.63, 3.8) is 0 Å². The van der Waals surface area contributed by atoms with Gasteiger partial charge in [-0.1, -0.05) is 23.2 Å². The summed E-state index contributed by atoms with van der Waals surface area (Å²) in [4.78, 5) is 22.9. The lowest BCUT2D eigenvalue weighted by Gasteiger charge is -2.26. The Morgan fingerprint density at radius 3 is 2.41 bits per heavy atom. The quantitative estimate of drug-likeness (QED) is 0.541. The fourth-order valence-electron chi connectivity index (χ4n) is 2.69. The first kappa shape index (κ1) is 21.5. The molecule has 3 rings (SSSR count). The summed E-state index contributed by atoms with van der Waals surface area (Å²) < 4.78 is 32.0. The number of carbonyl (C=O) groups excluding carboxylic acids is 1. The van der Waals surface area contributed by atoms with E-state index in [4.69, 9.17) is 27.9 Å². The Morgan fingerprint density at radius 1 is 1.10 bits per heavy atom. The van der Waals surface area contributed by atoms with Gasteiger partial charge in [0.1, 0.15) is 0 Å². The number of hydrogen-bond donors (Lipinski definition) is 1. The molecule has 1 aliphatic rings. The second kappa shape index (κ2) is 8.64. The Labute approximate surface area is 176 Å². The fourth-order valence-corrected chi connectivity index (χ4v) is 4.49. The molecule has 0 bridgehead atoms. The molecule has 9 nitrogen and oxygen atoms in total. The maximum atomic E-state index is 12.8. The van der Waals surface area contributed by atoms with Crippen molar-refractivity contribution in [2.75, 3.05) is 31.6 Å². The third-order valence-electron chi connectivity index (χ3n) is 4.20. The maximum Gasteiger partial charge on any atom is 0.271 e. The van der Waals surface area contributed by atoms with Gasteiger partial charge in [0, 0.05) is 25.2 Å². The molecule has 29 heavy (non-hydrogen) atoms. The number of carbonyl (C=O) groups is 1. The second-order valence-electron chi connectivity index (χ2n) is 6.03. The molecule has 0 spiro atoms. The smallest absolute Gasteiger partial charge is 0.271 e. The van der Waals surface area contributed by atoms with Crippen LogP contribution < -0.4 is 5.32 Å². The standard InChI is InChI=1S/C17H15Cl2N3O6S/c18-14-4-2-12(29(26,27)21-5-7-28-8-6-21)10-13(14)17(23)20-16-9-11(22(24)25)1-3-15(16)19/h1-4,9-10H,5-8H2,(H,20,23). The summed E-state index contributed by atoms with van der Waals surface area (Å²) in [7, 11) is -3.83. The molecular weight excluding hydrogens is 445 g/mol. The van der Waals surface area contributed by atoms with Gasteiger partial charge in [0.25, 0.3) is 11.6 Å². The van der Waals surface area contributed by atoms with E-state index < -0.39 is 20.9 Å². The van der Waals surface area contributed by atoms with Crippen molar-refractivity contribution in [2.45, 2.75) is 4.90 Å². The first-order chi connectivity index (χ1) is 13.7. The van der Waals surface area contributed by atoms with Crippen LogP contribution in [0.2, 0.25) is 10.0 Å². The molecule has 0 aliphatic carbocycles. The number of benzene rings is 2. The molecule has 154 valence electrons. The number of nitro benzene ring substituents is 1. The van der Waals surface area contributed by atoms with Crippen LogP contribution in [0.4, 0.5) is 11.4 Å². The van der Waals surface area contributed by atoms with E-state index in [9.17, 15) is 23.3 Å². The number of nitro groups is 1. The number of nitrogens with zero attached hydrogens (tertiary/aromatic N) is 2. The van der Waals surface area contributed by atoms with Gasteiger partial charge in [0.05, 0.1) is 44.3 Å². The van der Waals surface area contributed by atoms with Gasteiger partial charge in [-0.2, -0.15) is 4.31 Å². The summed E-state index contributed by atoms with van der Waals surface area (Å²) in [6, 6.07) is 7.34. The Bertz CT molecular complexity index is 1070. The van der Waals surface area contributed by atoms with Crippen LogP contribution in [-0.4, -0.2) is 49.9 Å². The minimum Gasteiger partial charge on any atom is -0.379 e. The minimum absolute atomic E-state index is 0.00312. The molecule has 2 aromatic carbocycles. The molecule has 2 aromatic rings. The summed E-state index contributed by atoms with van der Waals surface area (Å²) in [5, 5.41) is 13.5. The number of amides is 1. The Morgan fingerprint density at radius 2 is 1.76 bits per heavy atom. The third-order valence-corrected chi connectivity index (χ3v) is 6.75. The lowest BCUT2D eigenvalue weighted by molar-refractivity contribution is -0.384. The minimum atomic E-state index is -3.83. The molecule has 1 N–H and O–H groups in total. The van der Waals surface area contributed by atoms with Crippen LogP contribution in [0.1, 0.15) is 10.4 Å². The van der Waals surface area contributed by atoms with Crippen molar-refractivity contribution in [3.05, 3.63) is 62.1 Å². The van der Waals surface area contributed by atoms with Gasteiger partial charge in [-0.05, 0) is 24.3 Å². The topological polar surface area (TPSA) is 119 Å².